The van der Waals surface area contributed by atoms with E-state index < -0.39 is 0 Å². The van der Waals surface area contributed by atoms with Gasteiger partial charge in [-0.3, -0.25) is 4.98 Å². The number of benzene rings is 1. The number of aromatic amines is 1. The highest BCUT2D eigenvalue weighted by Crippen LogP contribution is 2.33. The van der Waals surface area contributed by atoms with Crippen LogP contribution in [0.3, 0.4) is 0 Å². The summed E-state index contributed by atoms with van der Waals surface area (Å²) < 4.78 is 0. The Morgan fingerprint density at radius 1 is 1.07 bits per heavy atom. The van der Waals surface area contributed by atoms with Crippen molar-refractivity contribution in [2.45, 2.75) is 13.0 Å². The van der Waals surface area contributed by atoms with Crippen LogP contribution in [-0.2, 0) is 0 Å². The zero-order chi connectivity index (χ0) is 19.8. The third-order valence-electron chi connectivity index (χ3n) is 4.80. The standard InChI is InChI=1S/C21H16ClN7/c1-12(28-21-19-20(25-10-24-19)26-11-27-21)15-8-13-4-2-6-16(22)18(13)29-17(15)14-5-3-7-23-9-14/h2-12H,1H3,(H2,24,25,26,27,28). The Balaban J connectivity index is 1.65. The molecule has 1 unspecified atom stereocenters. The Morgan fingerprint density at radius 2 is 2.00 bits per heavy atom. The van der Waals surface area contributed by atoms with Gasteiger partial charge in [0.15, 0.2) is 11.5 Å². The summed E-state index contributed by atoms with van der Waals surface area (Å²) in [5.74, 6) is 0.659. The van der Waals surface area contributed by atoms with E-state index in [0.717, 1.165) is 27.7 Å². The topological polar surface area (TPSA) is 92.3 Å². The van der Waals surface area contributed by atoms with Crippen molar-refractivity contribution in [2.24, 2.45) is 0 Å². The maximum absolute atomic E-state index is 6.41. The first-order valence-electron chi connectivity index (χ1n) is 9.11. The number of hydrogen-bond donors (Lipinski definition) is 2. The molecule has 0 spiro atoms. The summed E-state index contributed by atoms with van der Waals surface area (Å²) in [6.45, 7) is 2.06. The SMILES string of the molecule is CC(Nc1ncnc2[nH]cnc12)c1cc2cccc(Cl)c2nc1-c1cccnc1. The number of aromatic nitrogens is 6. The fraction of sp³-hybridized carbons (Fsp3) is 0.0952. The van der Waals surface area contributed by atoms with Gasteiger partial charge in [0.25, 0.3) is 0 Å². The second-order valence-corrected chi connectivity index (χ2v) is 7.07. The maximum atomic E-state index is 6.41. The van der Waals surface area contributed by atoms with Crippen molar-refractivity contribution in [1.29, 1.82) is 0 Å². The molecule has 29 heavy (non-hydrogen) atoms. The van der Waals surface area contributed by atoms with Crippen LogP contribution in [0.5, 0.6) is 0 Å². The molecule has 1 aromatic carbocycles. The van der Waals surface area contributed by atoms with E-state index in [2.05, 4.69) is 43.2 Å². The number of fused-ring (bicyclic) bond motifs is 2. The summed E-state index contributed by atoms with van der Waals surface area (Å²) >= 11 is 6.41. The first kappa shape index (κ1) is 17.5. The van der Waals surface area contributed by atoms with Gasteiger partial charge in [-0.1, -0.05) is 23.7 Å². The van der Waals surface area contributed by atoms with Gasteiger partial charge in [0.05, 0.1) is 28.6 Å². The predicted octanol–water partition coefficient (Wildman–Crippen LogP) is 4.79. The van der Waals surface area contributed by atoms with Crippen molar-refractivity contribution in [1.82, 2.24) is 29.9 Å². The van der Waals surface area contributed by atoms with Crippen molar-refractivity contribution < 1.29 is 0 Å². The lowest BCUT2D eigenvalue weighted by atomic mass is 9.99. The van der Waals surface area contributed by atoms with Crippen LogP contribution in [0.1, 0.15) is 18.5 Å². The number of para-hydroxylation sites is 1. The predicted molar refractivity (Wildman–Crippen MR) is 114 cm³/mol. The van der Waals surface area contributed by atoms with Gasteiger partial charge in [0.1, 0.15) is 11.8 Å². The van der Waals surface area contributed by atoms with Gasteiger partial charge >= 0.3 is 0 Å². The number of H-pyrrole nitrogens is 1. The molecular formula is C21H16ClN7. The number of nitrogens with zero attached hydrogens (tertiary/aromatic N) is 5. The highest BCUT2D eigenvalue weighted by molar-refractivity contribution is 6.35. The molecule has 0 saturated heterocycles. The van der Waals surface area contributed by atoms with Gasteiger partial charge in [0.2, 0.25) is 0 Å². The quantitative estimate of drug-likeness (QED) is 0.449. The summed E-state index contributed by atoms with van der Waals surface area (Å²) in [4.78, 5) is 25.0. The first-order valence-corrected chi connectivity index (χ1v) is 9.48. The molecule has 0 bridgehead atoms. The second kappa shape index (κ2) is 7.10. The van der Waals surface area contributed by atoms with Gasteiger partial charge in [0, 0.05) is 28.9 Å². The van der Waals surface area contributed by atoms with Gasteiger partial charge in [-0.25, -0.2) is 19.9 Å². The van der Waals surface area contributed by atoms with Gasteiger partial charge < -0.3 is 10.3 Å². The van der Waals surface area contributed by atoms with E-state index >= 15 is 0 Å². The minimum absolute atomic E-state index is 0.101. The molecule has 4 heterocycles. The first-order chi connectivity index (χ1) is 14.2. The number of rotatable bonds is 4. The molecule has 0 saturated carbocycles. The molecule has 0 aliphatic heterocycles. The molecule has 8 heteroatoms. The van der Waals surface area contributed by atoms with Crippen LogP contribution in [0.25, 0.3) is 33.3 Å². The van der Waals surface area contributed by atoms with E-state index in [1.54, 1.807) is 18.7 Å². The third kappa shape index (κ3) is 3.15. The van der Waals surface area contributed by atoms with Crippen LogP contribution in [0.2, 0.25) is 5.02 Å². The number of imidazole rings is 1. The average molecular weight is 402 g/mol. The maximum Gasteiger partial charge on any atom is 0.162 e. The van der Waals surface area contributed by atoms with Crippen molar-refractivity contribution in [3.05, 3.63) is 72.0 Å². The second-order valence-electron chi connectivity index (χ2n) is 6.67. The zero-order valence-electron chi connectivity index (χ0n) is 15.5. The molecule has 142 valence electrons. The van der Waals surface area contributed by atoms with E-state index in [0.29, 0.717) is 22.0 Å². The molecule has 2 N–H and O–H groups in total. The lowest BCUT2D eigenvalue weighted by Gasteiger charge is -2.19. The van der Waals surface area contributed by atoms with Crippen LogP contribution in [0.15, 0.2) is 61.4 Å². The number of halogens is 1. The van der Waals surface area contributed by atoms with E-state index in [1.165, 1.54) is 6.33 Å². The zero-order valence-corrected chi connectivity index (χ0v) is 16.2. The fourth-order valence-electron chi connectivity index (χ4n) is 3.40. The van der Waals surface area contributed by atoms with E-state index in [-0.39, 0.29) is 6.04 Å². The highest BCUT2D eigenvalue weighted by Gasteiger charge is 2.18. The number of hydrogen-bond acceptors (Lipinski definition) is 6. The van der Waals surface area contributed by atoms with E-state index in [9.17, 15) is 0 Å². The minimum atomic E-state index is -0.101. The fourth-order valence-corrected chi connectivity index (χ4v) is 3.62. The van der Waals surface area contributed by atoms with Crippen LogP contribution in [0, 0.1) is 0 Å². The van der Waals surface area contributed by atoms with Gasteiger partial charge in [-0.2, -0.15) is 0 Å². The molecule has 7 nitrogen and oxygen atoms in total. The van der Waals surface area contributed by atoms with Crippen LogP contribution < -0.4 is 5.32 Å². The summed E-state index contributed by atoms with van der Waals surface area (Å²) in [6.07, 6.45) is 6.66. The lowest BCUT2D eigenvalue weighted by molar-refractivity contribution is 0.873. The highest BCUT2D eigenvalue weighted by atomic mass is 35.5. The number of nitrogens with one attached hydrogen (secondary N) is 2. The monoisotopic (exact) mass is 401 g/mol. The molecule has 4 aromatic heterocycles. The number of anilines is 1. The average Bonchev–Trinajstić information content (AvgIpc) is 3.24. The van der Waals surface area contributed by atoms with Crippen LogP contribution >= 0.6 is 11.6 Å². The smallest absolute Gasteiger partial charge is 0.162 e. The Morgan fingerprint density at radius 3 is 2.86 bits per heavy atom. The van der Waals surface area contributed by atoms with E-state index in [4.69, 9.17) is 16.6 Å². The summed E-state index contributed by atoms with van der Waals surface area (Å²) in [5, 5.41) is 5.04. The van der Waals surface area contributed by atoms with Crippen molar-refractivity contribution in [3.63, 3.8) is 0 Å². The molecule has 5 rings (SSSR count). The van der Waals surface area contributed by atoms with Crippen LogP contribution in [0.4, 0.5) is 5.82 Å². The van der Waals surface area contributed by atoms with E-state index in [1.807, 2.05) is 30.3 Å². The van der Waals surface area contributed by atoms with Gasteiger partial charge in [-0.05, 0) is 31.2 Å². The van der Waals surface area contributed by atoms with Crippen molar-refractivity contribution >= 4 is 39.5 Å². The minimum Gasteiger partial charge on any atom is -0.362 e. The molecule has 0 radical (unpaired) electrons. The van der Waals surface area contributed by atoms with Crippen LogP contribution in [-0.4, -0.2) is 29.9 Å². The van der Waals surface area contributed by atoms with Crippen molar-refractivity contribution in [2.75, 3.05) is 5.32 Å². The molecule has 1 atom stereocenters. The lowest BCUT2D eigenvalue weighted by Crippen LogP contribution is -2.11. The summed E-state index contributed by atoms with van der Waals surface area (Å²) in [7, 11) is 0. The molecule has 0 aliphatic rings. The third-order valence-corrected chi connectivity index (χ3v) is 5.10. The molecule has 0 amide bonds. The largest absolute Gasteiger partial charge is 0.362 e. The molecule has 0 fully saturated rings. The molecular weight excluding hydrogens is 386 g/mol. The molecule has 5 aromatic rings. The molecule has 0 aliphatic carbocycles. The Bertz CT molecular complexity index is 1320. The normalized spacial score (nSPS) is 12.3. The number of pyridine rings is 2. The summed E-state index contributed by atoms with van der Waals surface area (Å²) in [6, 6.07) is 11.7. The Hall–Kier alpha value is -3.58. The van der Waals surface area contributed by atoms with Crippen molar-refractivity contribution in [3.8, 4) is 11.3 Å². The van der Waals surface area contributed by atoms with Gasteiger partial charge in [-0.15, -0.1) is 0 Å². The Labute approximate surface area is 171 Å². The summed E-state index contributed by atoms with van der Waals surface area (Å²) in [5.41, 5.74) is 4.90. The Kier molecular flexibility index (Phi) is 4.29.